The van der Waals surface area contributed by atoms with E-state index in [4.69, 9.17) is 4.74 Å². The number of aliphatic hydroxyl groups is 1. The first-order valence-electron chi connectivity index (χ1n) is 7.77. The van der Waals surface area contributed by atoms with Crippen LogP contribution in [-0.4, -0.2) is 29.3 Å². The number of nitrogens with one attached hydrogen (secondary N) is 1. The Bertz CT molecular complexity index is 476. The maximum atomic E-state index is 10.6. The Morgan fingerprint density at radius 1 is 1.24 bits per heavy atom. The van der Waals surface area contributed by atoms with Gasteiger partial charge in [-0.3, -0.25) is 4.98 Å². The van der Waals surface area contributed by atoms with Crippen molar-refractivity contribution in [1.29, 1.82) is 0 Å². The minimum atomic E-state index is -0.566. The maximum Gasteiger partial charge on any atom is 0.122 e. The van der Waals surface area contributed by atoms with Gasteiger partial charge in [0.25, 0.3) is 0 Å². The predicted octanol–water partition coefficient (Wildman–Crippen LogP) is 2.82. The van der Waals surface area contributed by atoms with Crippen LogP contribution in [0.1, 0.15) is 50.9 Å². The van der Waals surface area contributed by atoms with Crippen molar-refractivity contribution in [3.05, 3.63) is 23.5 Å². The Hall–Kier alpha value is -1.13. The van der Waals surface area contributed by atoms with Gasteiger partial charge in [-0.15, -0.1) is 0 Å². The molecule has 0 spiro atoms. The minimum absolute atomic E-state index is 0.373. The first kappa shape index (κ1) is 16.2. The molecule has 1 aliphatic carbocycles. The second-order valence-electron chi connectivity index (χ2n) is 7.13. The van der Waals surface area contributed by atoms with Crippen molar-refractivity contribution in [2.75, 3.05) is 13.7 Å². The van der Waals surface area contributed by atoms with Crippen molar-refractivity contribution in [1.82, 2.24) is 10.3 Å². The van der Waals surface area contributed by atoms with Crippen LogP contribution in [0.3, 0.4) is 0 Å². The number of aryl methyl sites for hydroxylation is 1. The van der Waals surface area contributed by atoms with Crippen molar-refractivity contribution in [2.24, 2.45) is 5.41 Å². The van der Waals surface area contributed by atoms with Crippen molar-refractivity contribution in [3.63, 3.8) is 0 Å². The van der Waals surface area contributed by atoms with Gasteiger partial charge in [0.15, 0.2) is 0 Å². The first-order chi connectivity index (χ1) is 9.82. The van der Waals surface area contributed by atoms with Crippen LogP contribution < -0.4 is 10.1 Å². The van der Waals surface area contributed by atoms with Gasteiger partial charge in [0.05, 0.1) is 18.4 Å². The second-order valence-corrected chi connectivity index (χ2v) is 7.13. The number of pyridine rings is 1. The molecule has 0 amide bonds. The Labute approximate surface area is 127 Å². The number of nitrogens with zero attached hydrogens (tertiary/aromatic N) is 1. The Morgan fingerprint density at radius 3 is 2.52 bits per heavy atom. The standard InChI is InChI=1S/C17H28N2O2/c1-13-9-15(21-4)10-14(19-13)11-18-12-17(20)7-5-16(2,3)6-8-17/h9-10,18,20H,5-8,11-12H2,1-4H3. The molecule has 1 aromatic heterocycles. The Balaban J connectivity index is 1.85. The lowest BCUT2D eigenvalue weighted by molar-refractivity contribution is -0.0245. The second kappa shape index (κ2) is 6.32. The number of hydrogen-bond donors (Lipinski definition) is 2. The van der Waals surface area contributed by atoms with Gasteiger partial charge in [-0.2, -0.15) is 0 Å². The molecule has 1 fully saturated rings. The Morgan fingerprint density at radius 2 is 1.90 bits per heavy atom. The van der Waals surface area contributed by atoms with Crippen molar-refractivity contribution in [3.8, 4) is 5.75 Å². The highest BCUT2D eigenvalue weighted by atomic mass is 16.5. The summed E-state index contributed by atoms with van der Waals surface area (Å²) in [5, 5.41) is 14.0. The van der Waals surface area contributed by atoms with Gasteiger partial charge in [0.1, 0.15) is 5.75 Å². The summed E-state index contributed by atoms with van der Waals surface area (Å²) < 4.78 is 5.26. The van der Waals surface area contributed by atoms with Crippen molar-refractivity contribution >= 4 is 0 Å². The molecule has 0 radical (unpaired) electrons. The average Bonchev–Trinajstić information content (AvgIpc) is 2.42. The van der Waals surface area contributed by atoms with Gasteiger partial charge in [0.2, 0.25) is 0 Å². The maximum absolute atomic E-state index is 10.6. The van der Waals surface area contributed by atoms with E-state index in [1.807, 2.05) is 19.1 Å². The zero-order valence-electron chi connectivity index (χ0n) is 13.7. The molecular weight excluding hydrogens is 264 g/mol. The van der Waals surface area contributed by atoms with E-state index >= 15 is 0 Å². The number of rotatable bonds is 5. The molecule has 118 valence electrons. The highest BCUT2D eigenvalue weighted by molar-refractivity contribution is 5.26. The summed E-state index contributed by atoms with van der Waals surface area (Å²) in [6.45, 7) is 7.80. The van der Waals surface area contributed by atoms with Crippen LogP contribution in [0.4, 0.5) is 0 Å². The van der Waals surface area contributed by atoms with Crippen LogP contribution in [0.2, 0.25) is 0 Å². The smallest absolute Gasteiger partial charge is 0.122 e. The third kappa shape index (κ3) is 4.68. The Kier molecular flexibility index (Phi) is 4.89. The minimum Gasteiger partial charge on any atom is -0.497 e. The summed E-state index contributed by atoms with van der Waals surface area (Å²) in [5.74, 6) is 0.831. The topological polar surface area (TPSA) is 54.4 Å². The van der Waals surface area contributed by atoms with E-state index in [1.165, 1.54) is 0 Å². The lowest BCUT2D eigenvalue weighted by atomic mass is 9.71. The molecule has 1 heterocycles. The summed E-state index contributed by atoms with van der Waals surface area (Å²) in [5.41, 5.74) is 1.71. The van der Waals surface area contributed by atoms with Crippen molar-refractivity contribution < 1.29 is 9.84 Å². The molecule has 0 aromatic carbocycles. The van der Waals surface area contributed by atoms with Crippen LogP contribution in [-0.2, 0) is 6.54 Å². The fourth-order valence-electron chi connectivity index (χ4n) is 2.90. The molecular formula is C17H28N2O2. The highest BCUT2D eigenvalue weighted by Gasteiger charge is 2.36. The third-order valence-corrected chi connectivity index (χ3v) is 4.51. The fourth-order valence-corrected chi connectivity index (χ4v) is 2.90. The van der Waals surface area contributed by atoms with Crippen LogP contribution in [0.5, 0.6) is 5.75 Å². The van der Waals surface area contributed by atoms with Gasteiger partial charge >= 0.3 is 0 Å². The molecule has 0 atom stereocenters. The average molecular weight is 292 g/mol. The van der Waals surface area contributed by atoms with Crippen molar-refractivity contribution in [2.45, 2.75) is 58.6 Å². The molecule has 1 aromatic rings. The van der Waals surface area contributed by atoms with E-state index in [9.17, 15) is 5.11 Å². The first-order valence-corrected chi connectivity index (χ1v) is 7.77. The van der Waals surface area contributed by atoms with Crippen LogP contribution >= 0.6 is 0 Å². The van der Waals surface area contributed by atoms with E-state index < -0.39 is 5.60 Å². The molecule has 0 saturated heterocycles. The predicted molar refractivity (Wildman–Crippen MR) is 84.4 cm³/mol. The van der Waals surface area contributed by atoms with E-state index in [0.717, 1.165) is 42.8 Å². The molecule has 0 unspecified atom stereocenters. The van der Waals surface area contributed by atoms with Gasteiger partial charge < -0.3 is 15.2 Å². The summed E-state index contributed by atoms with van der Waals surface area (Å²) in [6, 6.07) is 3.86. The van der Waals surface area contributed by atoms with E-state index in [0.29, 0.717) is 18.5 Å². The summed E-state index contributed by atoms with van der Waals surface area (Å²) in [6.07, 6.45) is 3.92. The molecule has 4 heteroatoms. The molecule has 1 aliphatic rings. The zero-order valence-corrected chi connectivity index (χ0v) is 13.7. The zero-order chi connectivity index (χ0) is 15.5. The largest absolute Gasteiger partial charge is 0.497 e. The summed E-state index contributed by atoms with van der Waals surface area (Å²) in [7, 11) is 1.67. The van der Waals surface area contributed by atoms with Crippen LogP contribution in [0.15, 0.2) is 12.1 Å². The van der Waals surface area contributed by atoms with Gasteiger partial charge in [-0.25, -0.2) is 0 Å². The monoisotopic (exact) mass is 292 g/mol. The lowest BCUT2D eigenvalue weighted by Crippen LogP contribution is -2.44. The fraction of sp³-hybridized carbons (Fsp3) is 0.706. The van der Waals surface area contributed by atoms with Gasteiger partial charge in [-0.1, -0.05) is 13.8 Å². The van der Waals surface area contributed by atoms with Crippen LogP contribution in [0.25, 0.3) is 0 Å². The number of hydrogen-bond acceptors (Lipinski definition) is 4. The van der Waals surface area contributed by atoms with Gasteiger partial charge in [-0.05, 0) is 38.0 Å². The van der Waals surface area contributed by atoms with E-state index in [2.05, 4.69) is 24.1 Å². The molecule has 2 N–H and O–H groups in total. The number of ether oxygens (including phenoxy) is 1. The molecule has 21 heavy (non-hydrogen) atoms. The third-order valence-electron chi connectivity index (χ3n) is 4.51. The summed E-state index contributed by atoms with van der Waals surface area (Å²) >= 11 is 0. The molecule has 4 nitrogen and oxygen atoms in total. The lowest BCUT2D eigenvalue weighted by Gasteiger charge is -2.40. The van der Waals surface area contributed by atoms with E-state index in [-0.39, 0.29) is 0 Å². The highest BCUT2D eigenvalue weighted by Crippen LogP contribution is 2.39. The molecule has 2 rings (SSSR count). The SMILES string of the molecule is COc1cc(C)nc(CNCC2(O)CCC(C)(C)CC2)c1. The molecule has 0 bridgehead atoms. The molecule has 1 saturated carbocycles. The summed E-state index contributed by atoms with van der Waals surface area (Å²) in [4.78, 5) is 4.49. The number of methoxy groups -OCH3 is 1. The number of aromatic nitrogens is 1. The molecule has 0 aliphatic heterocycles. The normalized spacial score (nSPS) is 20.2. The van der Waals surface area contributed by atoms with Crippen LogP contribution in [0, 0.1) is 12.3 Å². The van der Waals surface area contributed by atoms with E-state index in [1.54, 1.807) is 7.11 Å². The quantitative estimate of drug-likeness (QED) is 0.876. The van der Waals surface area contributed by atoms with Gasteiger partial charge in [0, 0.05) is 30.9 Å².